The Bertz CT molecular complexity index is 4150. The minimum Gasteiger partial charge on any atom is -0.458 e. The Hall–Kier alpha value is -9.15. The highest BCUT2D eigenvalue weighted by atomic mass is 16.5. The number of allylic oxidation sites excluding steroid dienone is 4. The number of benzene rings is 6. The lowest BCUT2D eigenvalue weighted by molar-refractivity contribution is 0.452. The predicted molar refractivity (Wildman–Crippen MR) is 298 cm³/mol. The zero-order valence-corrected chi connectivity index (χ0v) is 42.2. The predicted octanol–water partition coefficient (Wildman–Crippen LogP) is 10.4. The van der Waals surface area contributed by atoms with Crippen LogP contribution in [0.5, 0.6) is 46.3 Å². The van der Waals surface area contributed by atoms with E-state index in [0.717, 1.165) is 113 Å². The summed E-state index contributed by atoms with van der Waals surface area (Å²) in [6.45, 7) is 12.6. The van der Waals surface area contributed by atoms with Crippen molar-refractivity contribution < 1.29 is 18.9 Å². The Kier molecular flexibility index (Phi) is 9.37. The highest BCUT2D eigenvalue weighted by molar-refractivity contribution is 6.99. The van der Waals surface area contributed by atoms with Crippen molar-refractivity contribution in [2.45, 2.75) is 48.0 Å². The lowest BCUT2D eigenvalue weighted by atomic mass is 9.35. The normalized spacial score (nSPS) is 13.9. The molecule has 0 amide bonds. The van der Waals surface area contributed by atoms with Gasteiger partial charge in [-0.2, -0.15) is 10.2 Å². The topological polar surface area (TPSA) is 98.3 Å². The van der Waals surface area contributed by atoms with Crippen LogP contribution in [0.25, 0.3) is 44.8 Å². The first kappa shape index (κ1) is 43.4. The lowest BCUT2D eigenvalue weighted by Crippen LogP contribution is -2.57. The van der Waals surface area contributed by atoms with Gasteiger partial charge in [0.25, 0.3) is 13.4 Å². The van der Waals surface area contributed by atoms with Crippen LogP contribution in [0.3, 0.4) is 0 Å². The van der Waals surface area contributed by atoms with Crippen LogP contribution in [0.2, 0.25) is 0 Å². The van der Waals surface area contributed by atoms with Gasteiger partial charge >= 0.3 is 0 Å². The molecule has 0 spiro atoms. The summed E-state index contributed by atoms with van der Waals surface area (Å²) in [6.07, 6.45) is 17.2. The number of nitrogens with zero attached hydrogens (tertiary/aromatic N) is 6. The van der Waals surface area contributed by atoms with E-state index in [1.807, 2.05) is 70.5 Å². The number of aromatic nitrogens is 6. The summed E-state index contributed by atoms with van der Waals surface area (Å²) in [5, 5.41) is 9.71. The summed E-state index contributed by atoms with van der Waals surface area (Å²) in [4.78, 5) is 9.87. The minimum atomic E-state index is -0.180. The van der Waals surface area contributed by atoms with E-state index in [4.69, 9.17) is 39.1 Å². The molecule has 0 unspecified atom stereocenters. The fraction of sp³-hybridized carbons (Fsp3) is 0.111. The molecule has 0 fully saturated rings. The maximum atomic E-state index is 6.67. The Labute approximate surface area is 434 Å². The van der Waals surface area contributed by atoms with Crippen molar-refractivity contribution in [2.24, 2.45) is 0 Å². The van der Waals surface area contributed by atoms with Crippen molar-refractivity contribution in [3.63, 3.8) is 0 Å². The van der Waals surface area contributed by atoms with Gasteiger partial charge < -0.3 is 18.9 Å². The van der Waals surface area contributed by atoms with Crippen molar-refractivity contribution >= 4 is 57.3 Å². The van der Waals surface area contributed by atoms with Gasteiger partial charge in [-0.15, -0.1) is 0 Å². The van der Waals surface area contributed by atoms with Crippen molar-refractivity contribution in [1.82, 2.24) is 29.5 Å². The van der Waals surface area contributed by atoms with E-state index in [9.17, 15) is 0 Å². The molecule has 12 heteroatoms. The summed E-state index contributed by atoms with van der Waals surface area (Å²) in [7, 11) is 0. The highest BCUT2D eigenvalue weighted by Crippen LogP contribution is 2.40. The van der Waals surface area contributed by atoms with Crippen LogP contribution in [0.1, 0.15) is 50.9 Å². The molecule has 75 heavy (non-hydrogen) atoms. The molecule has 10 nitrogen and oxygen atoms in total. The third-order valence-electron chi connectivity index (χ3n) is 15.7. The molecular weight excluding hydrogens is 926 g/mol. The van der Waals surface area contributed by atoms with E-state index in [1.165, 1.54) is 50.1 Å². The zero-order chi connectivity index (χ0) is 50.4. The van der Waals surface area contributed by atoms with Crippen LogP contribution in [0, 0.1) is 41.5 Å². The number of fused-ring (bicyclic) bond motifs is 8. The van der Waals surface area contributed by atoms with E-state index >= 15 is 0 Å². The van der Waals surface area contributed by atoms with Gasteiger partial charge in [-0.3, -0.25) is 0 Å². The Morgan fingerprint density at radius 2 is 0.893 bits per heavy atom. The SMILES string of the molecule is Cc1cc(C)c(-c2cnn(-c3cnc4c(c3)B3c5cc(C6=CCC(c7ccc8c(c7)B7c9cc(-n%10cc(-c%11c(C)cc(C)cc%11C)cn%10)cnc9Oc9cccc(c97)O8)=C6)ccc5Oc5cccc(c53)O4)c2)c(C)c1. The summed E-state index contributed by atoms with van der Waals surface area (Å²) in [5.74, 6) is 5.86. The molecule has 10 aromatic rings. The average Bonchev–Trinajstić information content (AvgIpc) is 4.22. The lowest BCUT2D eigenvalue weighted by Gasteiger charge is -2.32. The van der Waals surface area contributed by atoms with Gasteiger partial charge in [0, 0.05) is 34.4 Å². The summed E-state index contributed by atoms with van der Waals surface area (Å²) in [6, 6.07) is 38.4. The number of hydrogen-bond acceptors (Lipinski definition) is 8. The highest BCUT2D eigenvalue weighted by Gasteiger charge is 2.43. The zero-order valence-electron chi connectivity index (χ0n) is 42.2. The third-order valence-corrected chi connectivity index (χ3v) is 15.7. The number of hydrogen-bond donors (Lipinski definition) is 0. The van der Waals surface area contributed by atoms with Crippen molar-refractivity contribution in [2.75, 3.05) is 0 Å². The fourth-order valence-electron chi connectivity index (χ4n) is 12.6. The maximum absolute atomic E-state index is 6.67. The molecule has 5 aliphatic rings. The smallest absolute Gasteiger partial charge is 0.262 e. The largest absolute Gasteiger partial charge is 0.458 e. The molecular formula is C63H46B2N6O4. The van der Waals surface area contributed by atoms with E-state index in [0.29, 0.717) is 11.8 Å². The molecule has 0 bridgehead atoms. The molecule has 8 heterocycles. The Balaban J connectivity index is 0.769. The fourth-order valence-corrected chi connectivity index (χ4v) is 12.6. The number of ether oxygens (including phenoxy) is 4. The second-order valence-corrected chi connectivity index (χ2v) is 20.7. The van der Waals surface area contributed by atoms with Crippen LogP contribution < -0.4 is 51.7 Å². The Morgan fingerprint density at radius 3 is 1.39 bits per heavy atom. The van der Waals surface area contributed by atoms with Gasteiger partial charge in [-0.25, -0.2) is 19.3 Å². The molecule has 358 valence electrons. The third kappa shape index (κ3) is 6.82. The first-order chi connectivity index (χ1) is 36.6. The van der Waals surface area contributed by atoms with E-state index in [2.05, 4.69) is 139 Å². The van der Waals surface area contributed by atoms with Gasteiger partial charge in [0.05, 0.1) is 36.2 Å². The molecule has 15 rings (SSSR count). The van der Waals surface area contributed by atoms with Crippen LogP contribution >= 0.6 is 0 Å². The molecule has 0 saturated heterocycles. The van der Waals surface area contributed by atoms with Gasteiger partial charge in [0.15, 0.2) is 0 Å². The molecule has 1 aliphatic carbocycles. The van der Waals surface area contributed by atoms with E-state index < -0.39 is 0 Å². The van der Waals surface area contributed by atoms with Crippen LogP contribution in [-0.2, 0) is 0 Å². The molecule has 4 aliphatic heterocycles. The quantitative estimate of drug-likeness (QED) is 0.152. The van der Waals surface area contributed by atoms with Crippen molar-refractivity contribution in [3.05, 3.63) is 203 Å². The Morgan fingerprint density at radius 1 is 0.440 bits per heavy atom. The molecule has 6 aromatic carbocycles. The van der Waals surface area contributed by atoms with Crippen LogP contribution in [-0.4, -0.2) is 43.0 Å². The second-order valence-electron chi connectivity index (χ2n) is 20.7. The standard InChI is InChI=1S/C63H46B2N6O4/c1-34-19-36(3)58(37(4)20-34)44-28-68-70(32-44)46-26-50-62(66-30-46)74-56-11-7-9-54-60(56)64(50)48-24-42(15-17-52(48)72-54)40-13-14-41(23-40)43-16-18-53-49(25-43)65-51-27-47(31-67-63(51)75-57-12-8-10-55(73-53)61(57)65)71-33-45(29-69-71)59-38(5)21-35(2)22-39(59)6/h7-13,15-33H,14H2,1-6H3. The summed E-state index contributed by atoms with van der Waals surface area (Å²) < 4.78 is 30.2. The summed E-state index contributed by atoms with van der Waals surface area (Å²) >= 11 is 0. The van der Waals surface area contributed by atoms with Crippen LogP contribution in [0.4, 0.5) is 0 Å². The minimum absolute atomic E-state index is 0.176. The number of aryl methyl sites for hydroxylation is 6. The first-order valence-corrected chi connectivity index (χ1v) is 25.5. The molecule has 0 atom stereocenters. The van der Waals surface area contributed by atoms with Crippen molar-refractivity contribution in [3.8, 4) is 79.9 Å². The number of pyridine rings is 2. The maximum Gasteiger partial charge on any atom is 0.262 e. The monoisotopic (exact) mass is 972 g/mol. The van der Waals surface area contributed by atoms with E-state index in [-0.39, 0.29) is 13.4 Å². The van der Waals surface area contributed by atoms with Gasteiger partial charge in [-0.05, 0) is 174 Å². The van der Waals surface area contributed by atoms with Gasteiger partial charge in [0.2, 0.25) is 11.8 Å². The van der Waals surface area contributed by atoms with Crippen LogP contribution in [0.15, 0.2) is 159 Å². The van der Waals surface area contributed by atoms with Gasteiger partial charge in [-0.1, -0.05) is 83.9 Å². The molecule has 4 aromatic heterocycles. The molecule has 0 N–H and O–H groups in total. The molecule has 0 radical (unpaired) electrons. The van der Waals surface area contributed by atoms with Gasteiger partial charge in [0.1, 0.15) is 34.5 Å². The first-order valence-electron chi connectivity index (χ1n) is 25.5. The van der Waals surface area contributed by atoms with Crippen molar-refractivity contribution in [1.29, 1.82) is 0 Å². The average molecular weight is 973 g/mol. The summed E-state index contributed by atoms with van der Waals surface area (Å²) in [5.41, 5.74) is 24.3. The number of rotatable bonds is 6. The second kappa shape index (κ2) is 16.2. The molecule has 0 saturated carbocycles. The van der Waals surface area contributed by atoms with E-state index in [1.54, 1.807) is 0 Å².